The van der Waals surface area contributed by atoms with Crippen LogP contribution in [0, 0.1) is 0 Å². The zero-order valence-electron chi connectivity index (χ0n) is 11.7. The zero-order chi connectivity index (χ0) is 14.3. The fraction of sp³-hybridized carbons (Fsp3) is 0.571. The normalized spacial score (nSPS) is 12.3. The average Bonchev–Trinajstić information content (AvgIpc) is 2.40. The maximum absolute atomic E-state index is 9.15. The molecule has 0 aliphatic rings. The third-order valence-corrected chi connectivity index (χ3v) is 3.16. The molecule has 0 saturated carbocycles. The van der Waals surface area contributed by atoms with E-state index in [-0.39, 0.29) is 12.6 Å². The first-order chi connectivity index (χ1) is 9.15. The summed E-state index contributed by atoms with van der Waals surface area (Å²) in [6.45, 7) is 5.25. The second-order valence-corrected chi connectivity index (χ2v) is 4.62. The third kappa shape index (κ3) is 4.56. The van der Waals surface area contributed by atoms with Gasteiger partial charge in [-0.1, -0.05) is 18.5 Å². The Bertz CT molecular complexity index is 395. The molecule has 1 atom stereocenters. The standard InChI is InChI=1S/C14H22ClNO3/c1-4-11(9-17)16-8-10-6-12(15)14(18-3)13(7-10)19-5-2/h6-7,11,16-17H,4-5,8-9H2,1-3H3. The number of halogens is 1. The van der Waals surface area contributed by atoms with Gasteiger partial charge in [-0.3, -0.25) is 0 Å². The number of methoxy groups -OCH3 is 1. The monoisotopic (exact) mass is 287 g/mol. The molecule has 0 amide bonds. The van der Waals surface area contributed by atoms with E-state index in [1.807, 2.05) is 26.0 Å². The summed E-state index contributed by atoms with van der Waals surface area (Å²) in [5.41, 5.74) is 1.00. The van der Waals surface area contributed by atoms with Crippen LogP contribution in [0.3, 0.4) is 0 Å². The van der Waals surface area contributed by atoms with Gasteiger partial charge in [0.1, 0.15) is 0 Å². The van der Waals surface area contributed by atoms with Gasteiger partial charge in [-0.2, -0.15) is 0 Å². The Morgan fingerprint density at radius 2 is 2.11 bits per heavy atom. The number of nitrogens with one attached hydrogen (secondary N) is 1. The number of hydrogen-bond acceptors (Lipinski definition) is 4. The van der Waals surface area contributed by atoms with E-state index in [2.05, 4.69) is 5.32 Å². The van der Waals surface area contributed by atoms with Gasteiger partial charge in [0.05, 0.1) is 25.3 Å². The van der Waals surface area contributed by atoms with Crippen molar-refractivity contribution in [2.45, 2.75) is 32.9 Å². The van der Waals surface area contributed by atoms with Crippen LogP contribution in [0.25, 0.3) is 0 Å². The van der Waals surface area contributed by atoms with E-state index in [0.717, 1.165) is 12.0 Å². The van der Waals surface area contributed by atoms with Gasteiger partial charge < -0.3 is 19.9 Å². The van der Waals surface area contributed by atoms with Crippen LogP contribution in [0.4, 0.5) is 0 Å². The van der Waals surface area contributed by atoms with Crippen LogP contribution in [-0.2, 0) is 6.54 Å². The second-order valence-electron chi connectivity index (χ2n) is 4.21. The molecular formula is C14H22ClNO3. The molecule has 0 heterocycles. The molecule has 5 heteroatoms. The zero-order valence-corrected chi connectivity index (χ0v) is 12.5. The molecule has 0 spiro atoms. The Morgan fingerprint density at radius 3 is 2.63 bits per heavy atom. The molecule has 1 rings (SSSR count). The van der Waals surface area contributed by atoms with E-state index in [9.17, 15) is 0 Å². The minimum atomic E-state index is 0.0939. The summed E-state index contributed by atoms with van der Waals surface area (Å²) in [6.07, 6.45) is 0.874. The summed E-state index contributed by atoms with van der Waals surface area (Å²) in [5, 5.41) is 12.9. The topological polar surface area (TPSA) is 50.7 Å². The third-order valence-electron chi connectivity index (χ3n) is 2.88. The molecule has 0 aliphatic heterocycles. The Balaban J connectivity index is 2.84. The van der Waals surface area contributed by atoms with Crippen LogP contribution < -0.4 is 14.8 Å². The summed E-state index contributed by atoms with van der Waals surface area (Å²) in [4.78, 5) is 0. The Labute approximate surface area is 119 Å². The lowest BCUT2D eigenvalue weighted by Gasteiger charge is -2.16. The van der Waals surface area contributed by atoms with Crippen LogP contribution in [0.1, 0.15) is 25.8 Å². The van der Waals surface area contributed by atoms with Crippen molar-refractivity contribution in [1.82, 2.24) is 5.32 Å². The molecule has 0 aromatic heterocycles. The molecule has 2 N–H and O–H groups in total. The van der Waals surface area contributed by atoms with Crippen molar-refractivity contribution in [2.75, 3.05) is 20.3 Å². The molecule has 108 valence electrons. The molecule has 0 radical (unpaired) electrons. The lowest BCUT2D eigenvalue weighted by molar-refractivity contribution is 0.238. The molecule has 0 saturated heterocycles. The van der Waals surface area contributed by atoms with Gasteiger partial charge in [0.25, 0.3) is 0 Å². The summed E-state index contributed by atoms with van der Waals surface area (Å²) < 4.78 is 10.8. The summed E-state index contributed by atoms with van der Waals surface area (Å²) in [7, 11) is 1.57. The number of rotatable bonds is 8. The van der Waals surface area contributed by atoms with Crippen LogP contribution >= 0.6 is 11.6 Å². The Morgan fingerprint density at radius 1 is 1.37 bits per heavy atom. The lowest BCUT2D eigenvalue weighted by atomic mass is 10.1. The fourth-order valence-corrected chi connectivity index (χ4v) is 2.10. The van der Waals surface area contributed by atoms with Crippen molar-refractivity contribution in [2.24, 2.45) is 0 Å². The van der Waals surface area contributed by atoms with Gasteiger partial charge in [-0.05, 0) is 31.0 Å². The smallest absolute Gasteiger partial charge is 0.179 e. The first-order valence-corrected chi connectivity index (χ1v) is 6.87. The van der Waals surface area contributed by atoms with Crippen molar-refractivity contribution in [3.63, 3.8) is 0 Å². The molecular weight excluding hydrogens is 266 g/mol. The van der Waals surface area contributed by atoms with E-state index in [4.69, 9.17) is 26.2 Å². The predicted molar refractivity (Wildman–Crippen MR) is 77.2 cm³/mol. The molecule has 1 unspecified atom stereocenters. The van der Waals surface area contributed by atoms with Crippen molar-refractivity contribution >= 4 is 11.6 Å². The fourth-order valence-electron chi connectivity index (χ4n) is 1.78. The van der Waals surface area contributed by atoms with Gasteiger partial charge >= 0.3 is 0 Å². The van der Waals surface area contributed by atoms with E-state index < -0.39 is 0 Å². The van der Waals surface area contributed by atoms with Gasteiger partial charge in [-0.25, -0.2) is 0 Å². The molecule has 0 aliphatic carbocycles. The Kier molecular flexibility index (Phi) is 6.99. The number of aliphatic hydroxyl groups is 1. The van der Waals surface area contributed by atoms with Crippen LogP contribution in [0.2, 0.25) is 5.02 Å². The average molecular weight is 288 g/mol. The van der Waals surface area contributed by atoms with Crippen LogP contribution in [0.5, 0.6) is 11.5 Å². The summed E-state index contributed by atoms with van der Waals surface area (Å²) in [6, 6.07) is 3.85. The van der Waals surface area contributed by atoms with Gasteiger partial charge in [-0.15, -0.1) is 0 Å². The molecule has 1 aromatic rings. The molecule has 0 bridgehead atoms. The maximum Gasteiger partial charge on any atom is 0.179 e. The minimum absolute atomic E-state index is 0.0939. The molecule has 19 heavy (non-hydrogen) atoms. The largest absolute Gasteiger partial charge is 0.491 e. The minimum Gasteiger partial charge on any atom is -0.491 e. The van der Waals surface area contributed by atoms with E-state index in [1.54, 1.807) is 7.11 Å². The molecule has 1 aromatic carbocycles. The second kappa shape index (κ2) is 8.25. The van der Waals surface area contributed by atoms with Gasteiger partial charge in [0.15, 0.2) is 11.5 Å². The lowest BCUT2D eigenvalue weighted by Crippen LogP contribution is -2.31. The number of ether oxygens (including phenoxy) is 2. The molecule has 4 nitrogen and oxygen atoms in total. The van der Waals surface area contributed by atoms with Crippen molar-refractivity contribution < 1.29 is 14.6 Å². The van der Waals surface area contributed by atoms with Crippen molar-refractivity contribution in [1.29, 1.82) is 0 Å². The summed E-state index contributed by atoms with van der Waals surface area (Å²) >= 11 is 6.17. The first kappa shape index (κ1) is 16.1. The SMILES string of the molecule is CCOc1cc(CNC(CC)CO)cc(Cl)c1OC. The quantitative estimate of drug-likeness (QED) is 0.772. The summed E-state index contributed by atoms with van der Waals surface area (Å²) in [5.74, 6) is 1.20. The van der Waals surface area contributed by atoms with Crippen molar-refractivity contribution in [3.8, 4) is 11.5 Å². The highest BCUT2D eigenvalue weighted by atomic mass is 35.5. The maximum atomic E-state index is 9.15. The number of aliphatic hydroxyl groups excluding tert-OH is 1. The number of hydrogen-bond donors (Lipinski definition) is 2. The van der Waals surface area contributed by atoms with E-state index in [1.165, 1.54) is 0 Å². The highest BCUT2D eigenvalue weighted by molar-refractivity contribution is 6.32. The molecule has 0 fully saturated rings. The first-order valence-electron chi connectivity index (χ1n) is 6.49. The number of benzene rings is 1. The van der Waals surface area contributed by atoms with E-state index in [0.29, 0.717) is 29.7 Å². The van der Waals surface area contributed by atoms with Gasteiger partial charge in [0.2, 0.25) is 0 Å². The Hall–Kier alpha value is -0.970. The van der Waals surface area contributed by atoms with Crippen LogP contribution in [0.15, 0.2) is 12.1 Å². The van der Waals surface area contributed by atoms with Crippen molar-refractivity contribution in [3.05, 3.63) is 22.7 Å². The highest BCUT2D eigenvalue weighted by Crippen LogP contribution is 2.36. The van der Waals surface area contributed by atoms with Gasteiger partial charge in [0, 0.05) is 12.6 Å². The van der Waals surface area contributed by atoms with Crippen LogP contribution in [-0.4, -0.2) is 31.5 Å². The predicted octanol–water partition coefficient (Wildman–Crippen LogP) is 2.61. The van der Waals surface area contributed by atoms with E-state index >= 15 is 0 Å². The highest BCUT2D eigenvalue weighted by Gasteiger charge is 2.12.